The lowest BCUT2D eigenvalue weighted by atomic mass is 10.2. The molecule has 0 amide bonds. The Hall–Kier alpha value is -1.56. The van der Waals surface area contributed by atoms with Gasteiger partial charge in [0.1, 0.15) is 0 Å². The SMILES string of the molecule is CNCc1ccc(Sc2ccccc2[N+](=O)[O-])c(Cl)c1. The smallest absolute Gasteiger partial charge is 0.283 e. The van der Waals surface area contributed by atoms with Gasteiger partial charge in [-0.2, -0.15) is 0 Å². The van der Waals surface area contributed by atoms with E-state index in [1.54, 1.807) is 18.2 Å². The van der Waals surface area contributed by atoms with E-state index in [-0.39, 0.29) is 10.6 Å². The van der Waals surface area contributed by atoms with Crippen LogP contribution in [0.2, 0.25) is 5.02 Å². The molecule has 0 radical (unpaired) electrons. The fourth-order valence-electron chi connectivity index (χ4n) is 1.75. The van der Waals surface area contributed by atoms with E-state index in [2.05, 4.69) is 5.32 Å². The number of halogens is 1. The maximum atomic E-state index is 11.0. The first kappa shape index (κ1) is 14.8. The first-order valence-electron chi connectivity index (χ1n) is 5.96. The minimum Gasteiger partial charge on any atom is -0.316 e. The molecule has 0 bridgehead atoms. The highest BCUT2D eigenvalue weighted by atomic mass is 35.5. The average molecular weight is 309 g/mol. The van der Waals surface area contributed by atoms with Crippen LogP contribution in [0.4, 0.5) is 5.69 Å². The maximum absolute atomic E-state index is 11.0. The van der Waals surface area contributed by atoms with Gasteiger partial charge in [-0.3, -0.25) is 10.1 Å². The van der Waals surface area contributed by atoms with E-state index in [1.807, 2.05) is 25.2 Å². The molecule has 0 aliphatic rings. The molecule has 104 valence electrons. The Balaban J connectivity index is 2.29. The molecule has 1 N–H and O–H groups in total. The molecule has 0 atom stereocenters. The Morgan fingerprint density at radius 2 is 2.00 bits per heavy atom. The molecule has 4 nitrogen and oxygen atoms in total. The van der Waals surface area contributed by atoms with Crippen LogP contribution in [0.3, 0.4) is 0 Å². The number of nitro groups is 1. The summed E-state index contributed by atoms with van der Waals surface area (Å²) < 4.78 is 0. The Labute approximate surface area is 126 Å². The summed E-state index contributed by atoms with van der Waals surface area (Å²) in [7, 11) is 1.86. The molecule has 0 spiro atoms. The number of benzene rings is 2. The number of rotatable bonds is 5. The molecule has 0 unspecified atom stereocenters. The van der Waals surface area contributed by atoms with Crippen molar-refractivity contribution in [2.75, 3.05) is 7.05 Å². The lowest BCUT2D eigenvalue weighted by molar-refractivity contribution is -0.387. The van der Waals surface area contributed by atoms with Crippen molar-refractivity contribution in [1.29, 1.82) is 0 Å². The van der Waals surface area contributed by atoms with Crippen molar-refractivity contribution >= 4 is 29.1 Å². The predicted octanol–water partition coefficient (Wildman–Crippen LogP) is 4.12. The summed E-state index contributed by atoms with van der Waals surface area (Å²) in [5.41, 5.74) is 1.16. The molecule has 2 aromatic rings. The van der Waals surface area contributed by atoms with Gasteiger partial charge in [0.15, 0.2) is 0 Å². The Morgan fingerprint density at radius 3 is 2.65 bits per heavy atom. The van der Waals surface area contributed by atoms with Crippen molar-refractivity contribution in [3.63, 3.8) is 0 Å². The van der Waals surface area contributed by atoms with Crippen molar-refractivity contribution in [2.45, 2.75) is 16.3 Å². The van der Waals surface area contributed by atoms with Crippen molar-refractivity contribution in [3.05, 3.63) is 63.2 Å². The average Bonchev–Trinajstić information content (AvgIpc) is 2.42. The summed E-state index contributed by atoms with van der Waals surface area (Å²) in [6, 6.07) is 12.4. The van der Waals surface area contributed by atoms with E-state index in [4.69, 9.17) is 11.6 Å². The maximum Gasteiger partial charge on any atom is 0.283 e. The van der Waals surface area contributed by atoms with Crippen LogP contribution in [-0.4, -0.2) is 12.0 Å². The Morgan fingerprint density at radius 1 is 1.25 bits per heavy atom. The molecule has 0 aliphatic carbocycles. The minimum absolute atomic E-state index is 0.0906. The number of nitrogens with one attached hydrogen (secondary N) is 1. The first-order valence-corrected chi connectivity index (χ1v) is 7.15. The van der Waals surface area contributed by atoms with Crippen molar-refractivity contribution in [3.8, 4) is 0 Å². The van der Waals surface area contributed by atoms with Crippen LogP contribution >= 0.6 is 23.4 Å². The van der Waals surface area contributed by atoms with E-state index in [0.29, 0.717) is 9.92 Å². The van der Waals surface area contributed by atoms with E-state index >= 15 is 0 Å². The van der Waals surface area contributed by atoms with Gasteiger partial charge in [-0.25, -0.2) is 0 Å². The number of hydrogen-bond donors (Lipinski definition) is 1. The molecule has 0 saturated heterocycles. The third-order valence-corrected chi connectivity index (χ3v) is 4.22. The summed E-state index contributed by atoms with van der Waals surface area (Å²) >= 11 is 7.53. The third kappa shape index (κ3) is 3.50. The summed E-state index contributed by atoms with van der Waals surface area (Å²) in [5.74, 6) is 0. The number of para-hydroxylation sites is 1. The topological polar surface area (TPSA) is 55.2 Å². The highest BCUT2D eigenvalue weighted by molar-refractivity contribution is 7.99. The molecule has 0 fully saturated rings. The molecule has 0 aliphatic heterocycles. The largest absolute Gasteiger partial charge is 0.316 e. The minimum atomic E-state index is -0.383. The molecule has 2 aromatic carbocycles. The van der Waals surface area contributed by atoms with Crippen LogP contribution < -0.4 is 5.32 Å². The molecule has 0 aromatic heterocycles. The molecule has 0 saturated carbocycles. The van der Waals surface area contributed by atoms with Gasteiger partial charge in [0.05, 0.1) is 14.8 Å². The van der Waals surface area contributed by atoms with Crippen LogP contribution in [0, 0.1) is 10.1 Å². The lowest BCUT2D eigenvalue weighted by Gasteiger charge is -2.07. The van der Waals surface area contributed by atoms with Gasteiger partial charge in [0, 0.05) is 17.5 Å². The van der Waals surface area contributed by atoms with Crippen LogP contribution in [0.15, 0.2) is 52.3 Å². The second-order valence-corrected chi connectivity index (χ2v) is 5.61. The van der Waals surface area contributed by atoms with Gasteiger partial charge >= 0.3 is 0 Å². The van der Waals surface area contributed by atoms with Gasteiger partial charge in [0.2, 0.25) is 0 Å². The predicted molar refractivity (Wildman–Crippen MR) is 81.4 cm³/mol. The van der Waals surface area contributed by atoms with Gasteiger partial charge in [-0.1, -0.05) is 41.6 Å². The fraction of sp³-hybridized carbons (Fsp3) is 0.143. The zero-order chi connectivity index (χ0) is 14.5. The number of hydrogen-bond acceptors (Lipinski definition) is 4. The highest BCUT2D eigenvalue weighted by Crippen LogP contribution is 2.38. The number of nitro benzene ring substituents is 1. The number of nitrogens with zero attached hydrogens (tertiary/aromatic N) is 1. The molecular weight excluding hydrogens is 296 g/mol. The second kappa shape index (κ2) is 6.74. The van der Waals surface area contributed by atoms with Gasteiger partial charge < -0.3 is 5.32 Å². The Kier molecular flexibility index (Phi) is 5.00. The monoisotopic (exact) mass is 308 g/mol. The molecule has 0 heterocycles. The summed E-state index contributed by atoms with van der Waals surface area (Å²) in [6.07, 6.45) is 0. The van der Waals surface area contributed by atoms with Crippen molar-refractivity contribution < 1.29 is 4.92 Å². The zero-order valence-corrected chi connectivity index (χ0v) is 12.4. The summed E-state index contributed by atoms with van der Waals surface area (Å²) in [5, 5.41) is 14.6. The van der Waals surface area contributed by atoms with Gasteiger partial charge in [-0.15, -0.1) is 0 Å². The third-order valence-electron chi connectivity index (χ3n) is 2.66. The van der Waals surface area contributed by atoms with Gasteiger partial charge in [-0.05, 0) is 30.8 Å². The molecule has 2 rings (SSSR count). The lowest BCUT2D eigenvalue weighted by Crippen LogP contribution is -2.04. The van der Waals surface area contributed by atoms with Crippen molar-refractivity contribution in [2.24, 2.45) is 0 Å². The van der Waals surface area contributed by atoms with E-state index in [0.717, 1.165) is 17.0 Å². The summed E-state index contributed by atoms with van der Waals surface area (Å²) in [6.45, 7) is 0.732. The second-order valence-electron chi connectivity index (χ2n) is 4.12. The highest BCUT2D eigenvalue weighted by Gasteiger charge is 2.14. The van der Waals surface area contributed by atoms with E-state index in [9.17, 15) is 10.1 Å². The van der Waals surface area contributed by atoms with Crippen LogP contribution in [0.25, 0.3) is 0 Å². The van der Waals surface area contributed by atoms with Crippen LogP contribution in [0.1, 0.15) is 5.56 Å². The quantitative estimate of drug-likeness (QED) is 0.667. The fourth-order valence-corrected chi connectivity index (χ4v) is 3.00. The van der Waals surface area contributed by atoms with Crippen molar-refractivity contribution in [1.82, 2.24) is 5.32 Å². The molecule has 6 heteroatoms. The standard InChI is InChI=1S/C14H13ClN2O2S/c1-16-9-10-6-7-13(11(15)8-10)20-14-5-3-2-4-12(14)17(18)19/h2-8,16H,9H2,1H3. The van der Waals surface area contributed by atoms with Gasteiger partial charge in [0.25, 0.3) is 5.69 Å². The van der Waals surface area contributed by atoms with E-state index in [1.165, 1.54) is 17.8 Å². The van der Waals surface area contributed by atoms with E-state index < -0.39 is 0 Å². The Bertz CT molecular complexity index is 634. The first-order chi connectivity index (χ1) is 9.61. The molecule has 20 heavy (non-hydrogen) atoms. The van der Waals surface area contributed by atoms with Crippen LogP contribution in [-0.2, 0) is 6.54 Å². The molecular formula is C14H13ClN2O2S. The van der Waals surface area contributed by atoms with Crippen LogP contribution in [0.5, 0.6) is 0 Å². The normalized spacial score (nSPS) is 10.5. The summed E-state index contributed by atoms with van der Waals surface area (Å²) in [4.78, 5) is 12.0. The zero-order valence-electron chi connectivity index (χ0n) is 10.8.